The Bertz CT molecular complexity index is 753. The van der Waals surface area contributed by atoms with Crippen molar-refractivity contribution in [3.05, 3.63) is 42.0 Å². The molecule has 1 fully saturated rings. The van der Waals surface area contributed by atoms with Gasteiger partial charge in [0.15, 0.2) is 0 Å². The molecule has 1 aromatic carbocycles. The molecular formula is C21H26N2O5. The van der Waals surface area contributed by atoms with Crippen molar-refractivity contribution in [3.63, 3.8) is 0 Å². The van der Waals surface area contributed by atoms with E-state index in [-0.39, 0.29) is 17.7 Å². The predicted molar refractivity (Wildman–Crippen MR) is 104 cm³/mol. The summed E-state index contributed by atoms with van der Waals surface area (Å²) in [5, 5.41) is 12.3. The Morgan fingerprint density at radius 2 is 1.86 bits per heavy atom. The lowest BCUT2D eigenvalue weighted by Gasteiger charge is -2.31. The first-order valence-electron chi connectivity index (χ1n) is 9.68. The Hall–Kier alpha value is -2.67. The summed E-state index contributed by atoms with van der Waals surface area (Å²) in [5.41, 5.74) is 1.10. The normalized spacial score (nSPS) is 24.6. The van der Waals surface area contributed by atoms with E-state index in [2.05, 4.69) is 5.32 Å². The van der Waals surface area contributed by atoms with E-state index in [0.29, 0.717) is 50.4 Å². The maximum Gasteiger partial charge on any atom is 0.307 e. The molecule has 0 radical (unpaired) electrons. The number of rotatable bonds is 5. The lowest BCUT2D eigenvalue weighted by molar-refractivity contribution is -0.147. The average molecular weight is 386 g/mol. The number of nitrogens with zero attached hydrogens (tertiary/aromatic N) is 1. The number of benzene rings is 1. The first kappa shape index (κ1) is 20.1. The smallest absolute Gasteiger partial charge is 0.307 e. The zero-order valence-electron chi connectivity index (χ0n) is 16.0. The third-order valence-corrected chi connectivity index (χ3v) is 5.46. The van der Waals surface area contributed by atoms with Gasteiger partial charge in [-0.25, -0.2) is 0 Å². The van der Waals surface area contributed by atoms with Gasteiger partial charge in [-0.3, -0.25) is 14.4 Å². The van der Waals surface area contributed by atoms with Crippen molar-refractivity contribution in [3.8, 4) is 0 Å². The summed E-state index contributed by atoms with van der Waals surface area (Å²) in [7, 11) is 0. The lowest BCUT2D eigenvalue weighted by Crippen LogP contribution is -2.40. The van der Waals surface area contributed by atoms with Crippen LogP contribution >= 0.6 is 0 Å². The van der Waals surface area contributed by atoms with Crippen LogP contribution in [0.1, 0.15) is 30.1 Å². The van der Waals surface area contributed by atoms with Crippen molar-refractivity contribution >= 4 is 23.5 Å². The number of carbonyl (C=O) groups excluding carboxylic acids is 2. The first-order chi connectivity index (χ1) is 13.5. The number of morpholine rings is 1. The Morgan fingerprint density at radius 1 is 1.18 bits per heavy atom. The van der Waals surface area contributed by atoms with Crippen molar-refractivity contribution in [2.24, 2.45) is 17.8 Å². The fraction of sp³-hybridized carbons (Fsp3) is 0.476. The summed E-state index contributed by atoms with van der Waals surface area (Å²) in [5.74, 6) is -2.74. The van der Waals surface area contributed by atoms with Crippen LogP contribution in [-0.4, -0.2) is 54.1 Å². The fourth-order valence-corrected chi connectivity index (χ4v) is 3.86. The molecular weight excluding hydrogens is 360 g/mol. The van der Waals surface area contributed by atoms with E-state index < -0.39 is 17.8 Å². The van der Waals surface area contributed by atoms with Crippen molar-refractivity contribution < 1.29 is 24.2 Å². The van der Waals surface area contributed by atoms with Gasteiger partial charge < -0.3 is 20.1 Å². The van der Waals surface area contributed by atoms with Gasteiger partial charge in [0.2, 0.25) is 5.91 Å². The van der Waals surface area contributed by atoms with E-state index in [9.17, 15) is 19.5 Å². The number of carbonyl (C=O) groups is 3. The number of carboxylic acid groups (broad SMARTS) is 1. The molecule has 0 spiro atoms. The summed E-state index contributed by atoms with van der Waals surface area (Å²) in [6.07, 6.45) is 4.85. The van der Waals surface area contributed by atoms with E-state index in [0.717, 1.165) is 0 Å². The standard InChI is InChI=1S/C21H26N2O5/c1-2-14-4-3-5-17(21(26)27)18(14)19(24)22-16-8-6-15(7-9-16)20(25)23-10-12-28-13-11-23/h3-4,6-9,14,17-18H,2,5,10-13H2,1H3,(H,22,24)(H,26,27)/t14-,17-,18-/m1/s1. The summed E-state index contributed by atoms with van der Waals surface area (Å²) >= 11 is 0. The molecule has 150 valence electrons. The van der Waals surface area contributed by atoms with Gasteiger partial charge in [-0.15, -0.1) is 0 Å². The maximum absolute atomic E-state index is 12.8. The zero-order valence-corrected chi connectivity index (χ0v) is 16.0. The van der Waals surface area contributed by atoms with Gasteiger partial charge in [-0.05, 0) is 43.0 Å². The Morgan fingerprint density at radius 3 is 2.46 bits per heavy atom. The van der Waals surface area contributed by atoms with Gasteiger partial charge in [-0.1, -0.05) is 19.1 Å². The molecule has 3 rings (SSSR count). The molecule has 1 saturated heterocycles. The van der Waals surface area contributed by atoms with Crippen LogP contribution in [0.4, 0.5) is 5.69 Å². The molecule has 2 amide bonds. The van der Waals surface area contributed by atoms with Gasteiger partial charge in [0.25, 0.3) is 5.91 Å². The molecule has 7 heteroatoms. The molecule has 0 unspecified atom stereocenters. The van der Waals surface area contributed by atoms with Crippen molar-refractivity contribution in [2.45, 2.75) is 19.8 Å². The molecule has 3 atom stereocenters. The van der Waals surface area contributed by atoms with Crippen LogP contribution < -0.4 is 5.32 Å². The van der Waals surface area contributed by atoms with E-state index in [1.165, 1.54) is 0 Å². The Balaban J connectivity index is 1.68. The number of hydrogen-bond donors (Lipinski definition) is 2. The molecule has 1 aliphatic heterocycles. The van der Waals surface area contributed by atoms with Crippen molar-refractivity contribution in [2.75, 3.05) is 31.6 Å². The Kier molecular flexibility index (Phi) is 6.46. The van der Waals surface area contributed by atoms with Crippen molar-refractivity contribution in [1.82, 2.24) is 4.90 Å². The number of aliphatic carboxylic acids is 1. The van der Waals surface area contributed by atoms with Gasteiger partial charge in [0.1, 0.15) is 0 Å². The minimum absolute atomic E-state index is 0.0596. The SMILES string of the molecule is CC[C@@H]1C=CC[C@@H](C(=O)O)[C@@H]1C(=O)Nc1ccc(C(=O)N2CCOCC2)cc1. The number of ether oxygens (including phenoxy) is 1. The van der Waals surface area contributed by atoms with Crippen LogP contribution in [0.15, 0.2) is 36.4 Å². The summed E-state index contributed by atoms with van der Waals surface area (Å²) in [6, 6.07) is 6.72. The molecule has 28 heavy (non-hydrogen) atoms. The second-order valence-corrected chi connectivity index (χ2v) is 7.18. The second-order valence-electron chi connectivity index (χ2n) is 7.18. The molecule has 1 aromatic rings. The zero-order chi connectivity index (χ0) is 20.1. The molecule has 1 heterocycles. The van der Waals surface area contributed by atoms with Gasteiger partial charge in [0.05, 0.1) is 25.0 Å². The molecule has 7 nitrogen and oxygen atoms in total. The lowest BCUT2D eigenvalue weighted by atomic mass is 9.74. The summed E-state index contributed by atoms with van der Waals surface area (Å²) in [6.45, 7) is 4.17. The Labute approximate surface area is 164 Å². The highest BCUT2D eigenvalue weighted by molar-refractivity contribution is 5.97. The van der Waals surface area contributed by atoms with E-state index in [1.807, 2.05) is 19.1 Å². The second kappa shape index (κ2) is 9.01. The molecule has 0 saturated carbocycles. The highest BCUT2D eigenvalue weighted by Gasteiger charge is 2.39. The third kappa shape index (κ3) is 4.42. The fourth-order valence-electron chi connectivity index (χ4n) is 3.86. The quantitative estimate of drug-likeness (QED) is 0.758. The van der Waals surface area contributed by atoms with E-state index in [4.69, 9.17) is 4.74 Å². The number of allylic oxidation sites excluding steroid dienone is 2. The largest absolute Gasteiger partial charge is 0.481 e. The number of carboxylic acids is 1. The molecule has 1 aliphatic carbocycles. The minimum atomic E-state index is -0.950. The number of hydrogen-bond acceptors (Lipinski definition) is 4. The minimum Gasteiger partial charge on any atom is -0.481 e. The van der Waals surface area contributed by atoms with Crippen LogP contribution in [0, 0.1) is 17.8 Å². The van der Waals surface area contributed by atoms with Crippen LogP contribution in [-0.2, 0) is 14.3 Å². The highest BCUT2D eigenvalue weighted by Crippen LogP contribution is 2.33. The molecule has 2 N–H and O–H groups in total. The molecule has 0 bridgehead atoms. The predicted octanol–water partition coefficient (Wildman–Crippen LogP) is 2.40. The van der Waals surface area contributed by atoms with Gasteiger partial charge in [0, 0.05) is 24.3 Å². The third-order valence-electron chi connectivity index (χ3n) is 5.46. The van der Waals surface area contributed by atoms with Gasteiger partial charge in [-0.2, -0.15) is 0 Å². The number of anilines is 1. The van der Waals surface area contributed by atoms with Gasteiger partial charge >= 0.3 is 5.97 Å². The van der Waals surface area contributed by atoms with Crippen LogP contribution in [0.2, 0.25) is 0 Å². The highest BCUT2D eigenvalue weighted by atomic mass is 16.5. The summed E-state index contributed by atoms with van der Waals surface area (Å²) in [4.78, 5) is 38.6. The molecule has 2 aliphatic rings. The van der Waals surface area contributed by atoms with Crippen molar-refractivity contribution in [1.29, 1.82) is 0 Å². The van der Waals surface area contributed by atoms with E-state index >= 15 is 0 Å². The molecule has 0 aromatic heterocycles. The van der Waals surface area contributed by atoms with Crippen LogP contribution in [0.3, 0.4) is 0 Å². The average Bonchev–Trinajstić information content (AvgIpc) is 2.73. The topological polar surface area (TPSA) is 95.9 Å². The first-order valence-corrected chi connectivity index (χ1v) is 9.68. The van der Waals surface area contributed by atoms with Crippen LogP contribution in [0.25, 0.3) is 0 Å². The number of amides is 2. The van der Waals surface area contributed by atoms with Crippen LogP contribution in [0.5, 0.6) is 0 Å². The number of nitrogens with one attached hydrogen (secondary N) is 1. The maximum atomic E-state index is 12.8. The monoisotopic (exact) mass is 386 g/mol. The van der Waals surface area contributed by atoms with E-state index in [1.54, 1.807) is 29.2 Å². The summed E-state index contributed by atoms with van der Waals surface area (Å²) < 4.78 is 5.26.